The number of carbonyl (C=O) groups excluding carboxylic acids is 1. The number of hydrogen-bond donors (Lipinski definition) is 1. The van der Waals surface area contributed by atoms with Crippen LogP contribution in [-0.4, -0.2) is 15.9 Å². The Labute approximate surface area is 95.2 Å². The molecule has 0 unspecified atom stereocenters. The Morgan fingerprint density at radius 2 is 2.38 bits per heavy atom. The average molecular weight is 237 g/mol. The molecule has 6 heteroatoms. The zero-order chi connectivity index (χ0) is 11.4. The Morgan fingerprint density at radius 3 is 3.06 bits per heavy atom. The zero-order valence-corrected chi connectivity index (χ0v) is 9.00. The highest BCUT2D eigenvalue weighted by atomic mass is 32.1. The number of carbonyl (C=O) groups is 1. The lowest BCUT2D eigenvalue weighted by atomic mass is 10.3. The molecule has 0 spiro atoms. The quantitative estimate of drug-likeness (QED) is 0.882. The minimum Gasteiger partial charge on any atom is -0.345 e. The Hall–Kier alpha value is -1.82. The molecular weight excluding hydrogens is 229 g/mol. The van der Waals surface area contributed by atoms with Crippen LogP contribution in [0.1, 0.15) is 16.2 Å². The Kier molecular flexibility index (Phi) is 3.21. The molecule has 0 atom stereocenters. The van der Waals surface area contributed by atoms with Crippen molar-refractivity contribution in [2.45, 2.75) is 6.54 Å². The summed E-state index contributed by atoms with van der Waals surface area (Å²) in [6, 6.07) is 2.80. The second-order valence-electron chi connectivity index (χ2n) is 2.99. The molecule has 0 bridgehead atoms. The predicted molar refractivity (Wildman–Crippen MR) is 57.5 cm³/mol. The van der Waals surface area contributed by atoms with Crippen LogP contribution in [0.2, 0.25) is 0 Å². The van der Waals surface area contributed by atoms with Crippen molar-refractivity contribution >= 4 is 17.2 Å². The fraction of sp³-hybridized carbons (Fsp3) is 0.100. The van der Waals surface area contributed by atoms with Crippen LogP contribution in [0.25, 0.3) is 0 Å². The average Bonchev–Trinajstić information content (AvgIpc) is 2.81. The van der Waals surface area contributed by atoms with Crippen molar-refractivity contribution in [3.63, 3.8) is 0 Å². The summed E-state index contributed by atoms with van der Waals surface area (Å²) < 4.78 is 13.2. The van der Waals surface area contributed by atoms with Crippen molar-refractivity contribution in [2.75, 3.05) is 0 Å². The van der Waals surface area contributed by atoms with E-state index in [9.17, 15) is 9.18 Å². The van der Waals surface area contributed by atoms with Gasteiger partial charge in [0.1, 0.15) is 11.5 Å². The predicted octanol–water partition coefficient (Wildman–Crippen LogP) is 1.61. The molecule has 0 saturated carbocycles. The fourth-order valence-corrected chi connectivity index (χ4v) is 1.66. The topological polar surface area (TPSA) is 54.9 Å². The zero-order valence-electron chi connectivity index (χ0n) is 8.18. The summed E-state index contributed by atoms with van der Waals surface area (Å²) in [5, 5.41) is 4.17. The first-order valence-corrected chi connectivity index (χ1v) is 5.47. The van der Waals surface area contributed by atoms with Gasteiger partial charge >= 0.3 is 0 Å². The monoisotopic (exact) mass is 237 g/mol. The molecule has 2 aromatic rings. The minimum atomic E-state index is -0.430. The molecule has 0 aromatic carbocycles. The Bertz CT molecular complexity index is 487. The molecule has 0 radical (unpaired) electrons. The third kappa shape index (κ3) is 2.40. The second kappa shape index (κ2) is 4.80. The maximum atomic E-state index is 13.2. The normalized spacial score (nSPS) is 10.1. The van der Waals surface area contributed by atoms with E-state index in [1.54, 1.807) is 10.9 Å². The molecule has 0 fully saturated rings. The number of rotatable bonds is 3. The first-order chi connectivity index (χ1) is 7.77. The van der Waals surface area contributed by atoms with Gasteiger partial charge < -0.3 is 5.32 Å². The number of nitrogens with zero attached hydrogens (tertiary/aromatic N) is 2. The molecule has 16 heavy (non-hydrogen) atoms. The summed E-state index contributed by atoms with van der Waals surface area (Å²) in [6.07, 6.45) is 1.48. The maximum absolute atomic E-state index is 13.2. The van der Waals surface area contributed by atoms with Crippen molar-refractivity contribution in [2.24, 2.45) is 0 Å². The SMILES string of the molecule is O=C(NCc1ncccc1F)c1cscn1. The molecule has 0 aliphatic rings. The first kappa shape index (κ1) is 10.7. The summed E-state index contributed by atoms with van der Waals surface area (Å²) in [6.45, 7) is 0.0586. The minimum absolute atomic E-state index is 0.0586. The van der Waals surface area contributed by atoms with Crippen LogP contribution < -0.4 is 5.32 Å². The maximum Gasteiger partial charge on any atom is 0.271 e. The van der Waals surface area contributed by atoms with Gasteiger partial charge in [-0.2, -0.15) is 0 Å². The van der Waals surface area contributed by atoms with Gasteiger partial charge in [-0.05, 0) is 12.1 Å². The Balaban J connectivity index is 1.98. The standard InChI is InChI=1S/C10H8FN3OS/c11-7-2-1-3-12-8(7)4-13-10(15)9-5-16-6-14-9/h1-3,5-6H,4H2,(H,13,15). The number of aromatic nitrogens is 2. The van der Waals surface area contributed by atoms with E-state index in [1.807, 2.05) is 0 Å². The van der Waals surface area contributed by atoms with E-state index in [4.69, 9.17) is 0 Å². The van der Waals surface area contributed by atoms with Gasteiger partial charge in [0.05, 0.1) is 17.7 Å². The lowest BCUT2D eigenvalue weighted by molar-refractivity contribution is 0.0946. The summed E-state index contributed by atoms with van der Waals surface area (Å²) in [7, 11) is 0. The number of thiazole rings is 1. The highest BCUT2D eigenvalue weighted by Gasteiger charge is 2.08. The number of halogens is 1. The molecule has 0 aliphatic carbocycles. The van der Waals surface area contributed by atoms with E-state index in [1.165, 1.54) is 29.7 Å². The molecule has 82 valence electrons. The molecule has 1 N–H and O–H groups in total. The number of nitrogens with one attached hydrogen (secondary N) is 1. The molecule has 2 rings (SSSR count). The van der Waals surface area contributed by atoms with Crippen LogP contribution in [0.3, 0.4) is 0 Å². The van der Waals surface area contributed by atoms with Crippen molar-refractivity contribution in [1.82, 2.24) is 15.3 Å². The van der Waals surface area contributed by atoms with Gasteiger partial charge in [0.15, 0.2) is 0 Å². The molecule has 1 amide bonds. The van der Waals surface area contributed by atoms with E-state index >= 15 is 0 Å². The van der Waals surface area contributed by atoms with Crippen LogP contribution >= 0.6 is 11.3 Å². The van der Waals surface area contributed by atoms with E-state index in [-0.39, 0.29) is 18.1 Å². The number of hydrogen-bond acceptors (Lipinski definition) is 4. The van der Waals surface area contributed by atoms with Gasteiger partial charge in [0.2, 0.25) is 0 Å². The highest BCUT2D eigenvalue weighted by Crippen LogP contribution is 2.04. The van der Waals surface area contributed by atoms with Crippen LogP contribution in [-0.2, 0) is 6.54 Å². The van der Waals surface area contributed by atoms with Crippen LogP contribution in [0.4, 0.5) is 4.39 Å². The number of amides is 1. The van der Waals surface area contributed by atoms with Gasteiger partial charge in [-0.25, -0.2) is 9.37 Å². The smallest absolute Gasteiger partial charge is 0.271 e. The molecule has 2 aromatic heterocycles. The largest absolute Gasteiger partial charge is 0.345 e. The third-order valence-corrected chi connectivity index (χ3v) is 2.50. The van der Waals surface area contributed by atoms with Gasteiger partial charge in [-0.3, -0.25) is 9.78 Å². The molecule has 0 saturated heterocycles. The van der Waals surface area contributed by atoms with E-state index in [2.05, 4.69) is 15.3 Å². The van der Waals surface area contributed by atoms with Crippen LogP contribution in [0, 0.1) is 5.82 Å². The second-order valence-corrected chi connectivity index (χ2v) is 3.71. The van der Waals surface area contributed by atoms with E-state index in [0.29, 0.717) is 5.69 Å². The van der Waals surface area contributed by atoms with Crippen molar-refractivity contribution in [1.29, 1.82) is 0 Å². The lowest BCUT2D eigenvalue weighted by Gasteiger charge is -2.03. The lowest BCUT2D eigenvalue weighted by Crippen LogP contribution is -2.24. The van der Waals surface area contributed by atoms with Gasteiger partial charge in [-0.15, -0.1) is 11.3 Å². The van der Waals surface area contributed by atoms with Gasteiger partial charge in [-0.1, -0.05) is 0 Å². The van der Waals surface area contributed by atoms with Crippen molar-refractivity contribution in [3.8, 4) is 0 Å². The molecular formula is C10H8FN3OS. The van der Waals surface area contributed by atoms with Crippen LogP contribution in [0.15, 0.2) is 29.2 Å². The van der Waals surface area contributed by atoms with E-state index < -0.39 is 5.82 Å². The van der Waals surface area contributed by atoms with Crippen molar-refractivity contribution < 1.29 is 9.18 Å². The van der Waals surface area contributed by atoms with Gasteiger partial charge in [0, 0.05) is 11.6 Å². The van der Waals surface area contributed by atoms with Gasteiger partial charge in [0.25, 0.3) is 5.91 Å². The molecule has 0 aliphatic heterocycles. The summed E-state index contributed by atoms with van der Waals surface area (Å²) in [5.41, 5.74) is 2.11. The number of pyridine rings is 1. The van der Waals surface area contributed by atoms with E-state index in [0.717, 1.165) is 0 Å². The fourth-order valence-electron chi connectivity index (χ4n) is 1.13. The van der Waals surface area contributed by atoms with Crippen molar-refractivity contribution in [3.05, 3.63) is 46.4 Å². The first-order valence-electron chi connectivity index (χ1n) is 4.53. The molecule has 2 heterocycles. The Morgan fingerprint density at radius 1 is 1.50 bits per heavy atom. The summed E-state index contributed by atoms with van der Waals surface area (Å²) in [4.78, 5) is 19.1. The third-order valence-electron chi connectivity index (χ3n) is 1.92. The summed E-state index contributed by atoms with van der Waals surface area (Å²) in [5.74, 6) is -0.757. The molecule has 4 nitrogen and oxygen atoms in total. The summed E-state index contributed by atoms with van der Waals surface area (Å²) >= 11 is 1.33. The highest BCUT2D eigenvalue weighted by molar-refractivity contribution is 7.07. The van der Waals surface area contributed by atoms with Crippen LogP contribution in [0.5, 0.6) is 0 Å².